The quantitative estimate of drug-likeness (QED) is 0.754. The van der Waals surface area contributed by atoms with E-state index in [9.17, 15) is 5.11 Å². The number of nitrogens with zero attached hydrogens (tertiary/aromatic N) is 1. The van der Waals surface area contributed by atoms with Crippen LogP contribution in [0.1, 0.15) is 6.92 Å². The van der Waals surface area contributed by atoms with Gasteiger partial charge in [0.05, 0.1) is 31.7 Å². The first-order valence-electron chi connectivity index (χ1n) is 5.40. The minimum atomic E-state index is -0.424. The Balaban J connectivity index is 3.07. The highest BCUT2D eigenvalue weighted by molar-refractivity contribution is 5.73. The standard InChI is InChI=1S/C12H20N2O3/c1-8(15)7-14(2)10-6-12(17-4)11(16-3)5-9(10)13/h5-6,8,15H,7,13H2,1-4H3. The van der Waals surface area contributed by atoms with Crippen LogP contribution in [0.15, 0.2) is 12.1 Å². The average molecular weight is 240 g/mol. The van der Waals surface area contributed by atoms with Gasteiger partial charge in [0, 0.05) is 25.7 Å². The molecular weight excluding hydrogens is 220 g/mol. The Labute approximate surface area is 102 Å². The fourth-order valence-electron chi connectivity index (χ4n) is 1.71. The van der Waals surface area contributed by atoms with Gasteiger partial charge in [0.25, 0.3) is 0 Å². The van der Waals surface area contributed by atoms with Crippen LogP contribution in [0.3, 0.4) is 0 Å². The lowest BCUT2D eigenvalue weighted by Gasteiger charge is -2.23. The number of hydrogen-bond donors (Lipinski definition) is 2. The summed E-state index contributed by atoms with van der Waals surface area (Å²) in [5.41, 5.74) is 7.34. The molecule has 1 rings (SSSR count). The van der Waals surface area contributed by atoms with E-state index in [0.717, 1.165) is 5.69 Å². The highest BCUT2D eigenvalue weighted by atomic mass is 16.5. The molecule has 0 aliphatic rings. The molecule has 1 atom stereocenters. The predicted molar refractivity (Wildman–Crippen MR) is 68.9 cm³/mol. The summed E-state index contributed by atoms with van der Waals surface area (Å²) < 4.78 is 10.4. The van der Waals surface area contributed by atoms with Gasteiger partial charge in [-0.3, -0.25) is 0 Å². The van der Waals surface area contributed by atoms with Crippen molar-refractivity contribution in [1.82, 2.24) is 0 Å². The number of ether oxygens (including phenoxy) is 2. The van der Waals surface area contributed by atoms with E-state index >= 15 is 0 Å². The van der Waals surface area contributed by atoms with Gasteiger partial charge in [0.15, 0.2) is 11.5 Å². The van der Waals surface area contributed by atoms with E-state index in [2.05, 4.69) is 0 Å². The molecule has 0 saturated heterocycles. The van der Waals surface area contributed by atoms with Crippen LogP contribution >= 0.6 is 0 Å². The molecule has 1 aromatic rings. The maximum atomic E-state index is 9.36. The van der Waals surface area contributed by atoms with Crippen LogP contribution in [0.2, 0.25) is 0 Å². The third-order valence-corrected chi connectivity index (χ3v) is 2.48. The number of aliphatic hydroxyl groups excluding tert-OH is 1. The minimum absolute atomic E-state index is 0.424. The average Bonchev–Trinajstić information content (AvgIpc) is 2.27. The Kier molecular flexibility index (Phi) is 4.45. The zero-order valence-corrected chi connectivity index (χ0v) is 10.7. The van der Waals surface area contributed by atoms with Crippen molar-refractivity contribution in [2.45, 2.75) is 13.0 Å². The maximum absolute atomic E-state index is 9.36. The third kappa shape index (κ3) is 3.17. The van der Waals surface area contributed by atoms with Crippen molar-refractivity contribution in [1.29, 1.82) is 0 Å². The molecular formula is C12H20N2O3. The van der Waals surface area contributed by atoms with Crippen molar-refractivity contribution in [3.63, 3.8) is 0 Å². The van der Waals surface area contributed by atoms with Crippen molar-refractivity contribution < 1.29 is 14.6 Å². The summed E-state index contributed by atoms with van der Waals surface area (Å²) in [7, 11) is 5.01. The molecule has 0 aromatic heterocycles. The fourth-order valence-corrected chi connectivity index (χ4v) is 1.71. The van der Waals surface area contributed by atoms with Gasteiger partial charge in [0.1, 0.15) is 0 Å². The maximum Gasteiger partial charge on any atom is 0.162 e. The van der Waals surface area contributed by atoms with E-state index in [1.54, 1.807) is 33.3 Å². The molecule has 1 aromatic carbocycles. The summed E-state index contributed by atoms with van der Waals surface area (Å²) >= 11 is 0. The van der Waals surface area contributed by atoms with Gasteiger partial charge in [-0.05, 0) is 6.92 Å². The van der Waals surface area contributed by atoms with Crippen LogP contribution in [-0.4, -0.2) is 39.0 Å². The summed E-state index contributed by atoms with van der Waals surface area (Å²) in [6, 6.07) is 3.52. The molecule has 0 radical (unpaired) electrons. The van der Waals surface area contributed by atoms with Gasteiger partial charge in [0.2, 0.25) is 0 Å². The topological polar surface area (TPSA) is 68.0 Å². The van der Waals surface area contributed by atoms with Crippen LogP contribution in [-0.2, 0) is 0 Å². The smallest absolute Gasteiger partial charge is 0.162 e. The number of hydrogen-bond acceptors (Lipinski definition) is 5. The Morgan fingerprint density at radius 2 is 1.82 bits per heavy atom. The SMILES string of the molecule is COc1cc(N)c(N(C)CC(C)O)cc1OC. The van der Waals surface area contributed by atoms with Gasteiger partial charge < -0.3 is 25.2 Å². The monoisotopic (exact) mass is 240 g/mol. The van der Waals surface area contributed by atoms with Gasteiger partial charge >= 0.3 is 0 Å². The van der Waals surface area contributed by atoms with E-state index in [0.29, 0.717) is 23.7 Å². The molecule has 96 valence electrons. The molecule has 5 nitrogen and oxygen atoms in total. The summed E-state index contributed by atoms with van der Waals surface area (Å²) in [5, 5.41) is 9.36. The number of anilines is 2. The zero-order chi connectivity index (χ0) is 13.0. The van der Waals surface area contributed by atoms with Crippen molar-refractivity contribution >= 4 is 11.4 Å². The van der Waals surface area contributed by atoms with Crippen LogP contribution in [0, 0.1) is 0 Å². The molecule has 5 heteroatoms. The number of aliphatic hydroxyl groups is 1. The van der Waals surface area contributed by atoms with Crippen molar-refractivity contribution in [3.05, 3.63) is 12.1 Å². The van der Waals surface area contributed by atoms with E-state index in [1.807, 2.05) is 11.9 Å². The largest absolute Gasteiger partial charge is 0.493 e. The summed E-state index contributed by atoms with van der Waals surface area (Å²) in [6.07, 6.45) is -0.424. The minimum Gasteiger partial charge on any atom is -0.493 e. The zero-order valence-electron chi connectivity index (χ0n) is 10.7. The highest BCUT2D eigenvalue weighted by Gasteiger charge is 2.13. The number of benzene rings is 1. The Hall–Kier alpha value is -1.62. The number of methoxy groups -OCH3 is 2. The normalized spacial score (nSPS) is 12.1. The second-order valence-electron chi connectivity index (χ2n) is 4.00. The molecule has 0 spiro atoms. The molecule has 3 N–H and O–H groups in total. The van der Waals surface area contributed by atoms with Crippen molar-refractivity contribution in [2.75, 3.05) is 38.4 Å². The molecule has 17 heavy (non-hydrogen) atoms. The van der Waals surface area contributed by atoms with Crippen molar-refractivity contribution in [2.24, 2.45) is 0 Å². The lowest BCUT2D eigenvalue weighted by atomic mass is 10.2. The predicted octanol–water partition coefficient (Wildman–Crippen LogP) is 1.10. The van der Waals surface area contributed by atoms with Gasteiger partial charge in [-0.1, -0.05) is 0 Å². The number of nitrogens with two attached hydrogens (primary N) is 1. The number of rotatable bonds is 5. The molecule has 0 heterocycles. The number of likely N-dealkylation sites (N-methyl/N-ethyl adjacent to an activating group) is 1. The summed E-state index contributed by atoms with van der Waals surface area (Å²) in [4.78, 5) is 1.88. The Morgan fingerprint density at radius 3 is 2.29 bits per heavy atom. The summed E-state index contributed by atoms with van der Waals surface area (Å²) in [5.74, 6) is 1.22. The first-order chi connectivity index (χ1) is 7.99. The van der Waals surface area contributed by atoms with Gasteiger partial charge in [-0.2, -0.15) is 0 Å². The van der Waals surface area contributed by atoms with E-state index < -0.39 is 6.10 Å². The first-order valence-corrected chi connectivity index (χ1v) is 5.40. The molecule has 1 unspecified atom stereocenters. The van der Waals surface area contributed by atoms with Crippen LogP contribution in [0.4, 0.5) is 11.4 Å². The molecule has 0 aliphatic heterocycles. The molecule has 0 saturated carbocycles. The fraction of sp³-hybridized carbons (Fsp3) is 0.500. The Morgan fingerprint density at radius 1 is 1.29 bits per heavy atom. The third-order valence-electron chi connectivity index (χ3n) is 2.48. The van der Waals surface area contributed by atoms with Gasteiger partial charge in [-0.15, -0.1) is 0 Å². The van der Waals surface area contributed by atoms with E-state index in [-0.39, 0.29) is 0 Å². The molecule has 0 aliphatic carbocycles. The van der Waals surface area contributed by atoms with Crippen molar-refractivity contribution in [3.8, 4) is 11.5 Å². The first kappa shape index (κ1) is 13.4. The van der Waals surface area contributed by atoms with Crippen LogP contribution in [0.5, 0.6) is 11.5 Å². The molecule has 0 fully saturated rings. The second-order valence-corrected chi connectivity index (χ2v) is 4.00. The van der Waals surface area contributed by atoms with Gasteiger partial charge in [-0.25, -0.2) is 0 Å². The van der Waals surface area contributed by atoms with Crippen LogP contribution in [0.25, 0.3) is 0 Å². The Bertz CT molecular complexity index is 380. The molecule has 0 bridgehead atoms. The second kappa shape index (κ2) is 5.63. The highest BCUT2D eigenvalue weighted by Crippen LogP contribution is 2.36. The molecule has 0 amide bonds. The van der Waals surface area contributed by atoms with E-state index in [1.165, 1.54) is 0 Å². The lowest BCUT2D eigenvalue weighted by Crippen LogP contribution is -2.27. The summed E-state index contributed by atoms with van der Waals surface area (Å²) in [6.45, 7) is 2.23. The van der Waals surface area contributed by atoms with Crippen LogP contribution < -0.4 is 20.1 Å². The van der Waals surface area contributed by atoms with E-state index in [4.69, 9.17) is 15.2 Å². The lowest BCUT2D eigenvalue weighted by molar-refractivity contribution is 0.201. The number of nitrogen functional groups attached to an aromatic ring is 1.